The zero-order valence-corrected chi connectivity index (χ0v) is 19.5. The van der Waals surface area contributed by atoms with Crippen LogP contribution in [0.4, 0.5) is 10.5 Å². The molecule has 0 saturated carbocycles. The smallest absolute Gasteiger partial charge is 0.333 e. The summed E-state index contributed by atoms with van der Waals surface area (Å²) in [6.45, 7) is 5.03. The first-order chi connectivity index (χ1) is 15.5. The van der Waals surface area contributed by atoms with Crippen LogP contribution in [0, 0.1) is 0 Å². The molecule has 2 N–H and O–H groups in total. The molecule has 2 rings (SSSR count). The van der Waals surface area contributed by atoms with E-state index in [1.54, 1.807) is 18.9 Å². The molecule has 1 atom stereocenters. The van der Waals surface area contributed by atoms with E-state index in [-0.39, 0.29) is 6.03 Å². The lowest BCUT2D eigenvalue weighted by molar-refractivity contribution is -0.149. The Bertz CT molecular complexity index is 851. The first-order valence-corrected chi connectivity index (χ1v) is 11.5. The summed E-state index contributed by atoms with van der Waals surface area (Å²) in [5.41, 5.74) is 3.72. The first-order valence-electron chi connectivity index (χ1n) is 11.5. The molecule has 6 nitrogen and oxygen atoms in total. The number of hydrogen-bond donors (Lipinski definition) is 2. The molecule has 0 aliphatic heterocycles. The SMILES string of the molecule is CCCCCCCNC(=O)N(C)c1cccc(-c2ccc(C[C@@H](OCC)C(=O)O)cc2)c1. The quantitative estimate of drug-likeness (QED) is 0.403. The van der Waals surface area contributed by atoms with Gasteiger partial charge in [-0.2, -0.15) is 0 Å². The van der Waals surface area contributed by atoms with Gasteiger partial charge in [0, 0.05) is 32.3 Å². The summed E-state index contributed by atoms with van der Waals surface area (Å²) in [5, 5.41) is 12.3. The Morgan fingerprint density at radius 1 is 1.00 bits per heavy atom. The predicted molar refractivity (Wildman–Crippen MR) is 129 cm³/mol. The third-order valence-electron chi connectivity index (χ3n) is 5.45. The molecular weight excluding hydrogens is 404 g/mol. The van der Waals surface area contributed by atoms with E-state index in [2.05, 4.69) is 12.2 Å². The molecule has 0 fully saturated rings. The number of aliphatic carboxylic acids is 1. The molecule has 2 aromatic rings. The minimum Gasteiger partial charge on any atom is -0.479 e. The molecule has 0 aliphatic carbocycles. The largest absolute Gasteiger partial charge is 0.479 e. The molecule has 0 aromatic heterocycles. The zero-order chi connectivity index (χ0) is 23.3. The maximum atomic E-state index is 12.5. The van der Waals surface area contributed by atoms with Gasteiger partial charge in [0.1, 0.15) is 0 Å². The molecule has 0 unspecified atom stereocenters. The number of carbonyl (C=O) groups excluding carboxylic acids is 1. The van der Waals surface area contributed by atoms with Gasteiger partial charge in [0.05, 0.1) is 0 Å². The minimum absolute atomic E-state index is 0.108. The van der Waals surface area contributed by atoms with E-state index in [0.29, 0.717) is 19.6 Å². The number of urea groups is 1. The van der Waals surface area contributed by atoms with Gasteiger partial charge in [0.25, 0.3) is 0 Å². The Morgan fingerprint density at radius 3 is 2.38 bits per heavy atom. The van der Waals surface area contributed by atoms with E-state index in [0.717, 1.165) is 35.2 Å². The van der Waals surface area contributed by atoms with Crippen LogP contribution in [0.25, 0.3) is 11.1 Å². The van der Waals surface area contributed by atoms with Crippen LogP contribution >= 0.6 is 0 Å². The van der Waals surface area contributed by atoms with Gasteiger partial charge in [0.15, 0.2) is 6.10 Å². The maximum absolute atomic E-state index is 12.5. The molecule has 6 heteroatoms. The number of ether oxygens (including phenoxy) is 1. The van der Waals surface area contributed by atoms with Crippen molar-refractivity contribution < 1.29 is 19.4 Å². The number of benzene rings is 2. The highest BCUT2D eigenvalue weighted by atomic mass is 16.5. The van der Waals surface area contributed by atoms with Crippen LogP contribution in [0.5, 0.6) is 0 Å². The standard InChI is InChI=1S/C26H36N2O4/c1-4-6-7-8-9-17-27-26(31)28(3)23-12-10-11-22(19-23)21-15-13-20(14-16-21)18-24(25(29)30)32-5-2/h10-16,19,24H,4-9,17-18H2,1-3H3,(H,27,31)(H,29,30)/t24-/m1/s1. The van der Waals surface area contributed by atoms with Crippen molar-refractivity contribution in [2.45, 2.75) is 58.5 Å². The van der Waals surface area contributed by atoms with Crippen molar-refractivity contribution in [3.63, 3.8) is 0 Å². The topological polar surface area (TPSA) is 78.9 Å². The summed E-state index contributed by atoms with van der Waals surface area (Å²) in [6, 6.07) is 15.5. The fourth-order valence-corrected chi connectivity index (χ4v) is 3.52. The number of nitrogens with zero attached hydrogens (tertiary/aromatic N) is 1. The Kier molecular flexibility index (Phi) is 10.7. The number of nitrogens with one attached hydrogen (secondary N) is 1. The summed E-state index contributed by atoms with van der Waals surface area (Å²) in [6.07, 6.45) is 5.29. The van der Waals surface area contributed by atoms with Crippen LogP contribution in [0.1, 0.15) is 51.5 Å². The van der Waals surface area contributed by atoms with Crippen molar-refractivity contribution in [1.29, 1.82) is 0 Å². The van der Waals surface area contributed by atoms with Gasteiger partial charge in [-0.3, -0.25) is 4.90 Å². The molecule has 0 aliphatic rings. The minimum atomic E-state index is -0.953. The van der Waals surface area contributed by atoms with Crippen molar-refractivity contribution in [2.24, 2.45) is 0 Å². The number of carbonyl (C=O) groups is 2. The van der Waals surface area contributed by atoms with Gasteiger partial charge in [-0.1, -0.05) is 69.0 Å². The highest BCUT2D eigenvalue weighted by Crippen LogP contribution is 2.25. The molecule has 0 heterocycles. The number of anilines is 1. The third kappa shape index (κ3) is 8.00. The number of carboxylic acid groups (broad SMARTS) is 1. The normalized spacial score (nSPS) is 11.7. The van der Waals surface area contributed by atoms with E-state index in [1.807, 2.05) is 48.5 Å². The lowest BCUT2D eigenvalue weighted by atomic mass is 10.0. The predicted octanol–water partition coefficient (Wildman–Crippen LogP) is 5.50. The second-order valence-corrected chi connectivity index (χ2v) is 7.94. The van der Waals surface area contributed by atoms with Gasteiger partial charge >= 0.3 is 12.0 Å². The molecule has 0 radical (unpaired) electrons. The molecule has 32 heavy (non-hydrogen) atoms. The zero-order valence-electron chi connectivity index (χ0n) is 19.5. The highest BCUT2D eigenvalue weighted by Gasteiger charge is 2.18. The molecule has 2 aromatic carbocycles. The van der Waals surface area contributed by atoms with Crippen LogP contribution < -0.4 is 10.2 Å². The monoisotopic (exact) mass is 440 g/mol. The van der Waals surface area contributed by atoms with Crippen LogP contribution in [0.3, 0.4) is 0 Å². The van der Waals surface area contributed by atoms with Gasteiger partial charge < -0.3 is 15.2 Å². The van der Waals surface area contributed by atoms with Gasteiger partial charge in [-0.15, -0.1) is 0 Å². The van der Waals surface area contributed by atoms with E-state index in [4.69, 9.17) is 4.74 Å². The fourth-order valence-electron chi connectivity index (χ4n) is 3.52. The number of amides is 2. The maximum Gasteiger partial charge on any atom is 0.333 e. The second-order valence-electron chi connectivity index (χ2n) is 7.94. The van der Waals surface area contributed by atoms with Crippen molar-refractivity contribution in [2.75, 3.05) is 25.1 Å². The van der Waals surface area contributed by atoms with Crippen LogP contribution in [-0.4, -0.2) is 43.4 Å². The Labute approximate surface area is 191 Å². The van der Waals surface area contributed by atoms with Crippen molar-refractivity contribution in [3.05, 3.63) is 54.1 Å². The van der Waals surface area contributed by atoms with E-state index in [1.165, 1.54) is 19.3 Å². The summed E-state index contributed by atoms with van der Waals surface area (Å²) >= 11 is 0. The lowest BCUT2D eigenvalue weighted by Gasteiger charge is -2.19. The number of carboxylic acids is 1. The summed E-state index contributed by atoms with van der Waals surface area (Å²) in [7, 11) is 1.77. The molecule has 2 amide bonds. The summed E-state index contributed by atoms with van der Waals surface area (Å²) in [5.74, 6) is -0.953. The van der Waals surface area contributed by atoms with Crippen LogP contribution in [-0.2, 0) is 16.0 Å². The highest BCUT2D eigenvalue weighted by molar-refractivity contribution is 5.92. The Hall–Kier alpha value is -2.86. The second kappa shape index (κ2) is 13.5. The third-order valence-corrected chi connectivity index (χ3v) is 5.45. The first kappa shape index (κ1) is 25.4. The molecular formula is C26H36N2O4. The van der Waals surface area contributed by atoms with Crippen LogP contribution in [0.2, 0.25) is 0 Å². The van der Waals surface area contributed by atoms with E-state index in [9.17, 15) is 14.7 Å². The molecule has 174 valence electrons. The Balaban J connectivity index is 1.98. The summed E-state index contributed by atoms with van der Waals surface area (Å²) in [4.78, 5) is 25.4. The van der Waals surface area contributed by atoms with Crippen molar-refractivity contribution in [3.8, 4) is 11.1 Å². The number of unbranched alkanes of at least 4 members (excludes halogenated alkanes) is 4. The Morgan fingerprint density at radius 2 is 1.72 bits per heavy atom. The number of hydrogen-bond acceptors (Lipinski definition) is 3. The van der Waals surface area contributed by atoms with E-state index < -0.39 is 12.1 Å². The average Bonchev–Trinajstić information content (AvgIpc) is 2.81. The molecule has 0 saturated heterocycles. The van der Waals surface area contributed by atoms with Crippen molar-refractivity contribution in [1.82, 2.24) is 5.32 Å². The fraction of sp³-hybridized carbons (Fsp3) is 0.462. The molecule has 0 bridgehead atoms. The lowest BCUT2D eigenvalue weighted by Crippen LogP contribution is -2.37. The van der Waals surface area contributed by atoms with Crippen LogP contribution in [0.15, 0.2) is 48.5 Å². The van der Waals surface area contributed by atoms with E-state index >= 15 is 0 Å². The van der Waals surface area contributed by atoms with Gasteiger partial charge in [0.2, 0.25) is 0 Å². The summed E-state index contributed by atoms with van der Waals surface area (Å²) < 4.78 is 5.30. The number of rotatable bonds is 13. The molecule has 0 spiro atoms. The van der Waals surface area contributed by atoms with Gasteiger partial charge in [-0.05, 0) is 42.2 Å². The van der Waals surface area contributed by atoms with Gasteiger partial charge in [-0.25, -0.2) is 9.59 Å². The van der Waals surface area contributed by atoms with Crippen molar-refractivity contribution >= 4 is 17.7 Å². The average molecular weight is 441 g/mol.